The van der Waals surface area contributed by atoms with E-state index < -0.39 is 11.5 Å². The molecular weight excluding hydrogens is 268 g/mol. The van der Waals surface area contributed by atoms with Crippen molar-refractivity contribution >= 4 is 17.7 Å². The molecule has 1 aliphatic heterocycles. The summed E-state index contributed by atoms with van der Waals surface area (Å²) in [7, 11) is 0. The Bertz CT molecular complexity index is 564. The molecule has 2 heterocycles. The molecule has 1 atom stereocenters. The lowest BCUT2D eigenvalue weighted by molar-refractivity contribution is -0.153. The molecular formula is C16H20N2O3. The van der Waals surface area contributed by atoms with E-state index in [0.29, 0.717) is 5.82 Å². The molecule has 5 heteroatoms. The molecule has 2 aliphatic rings. The van der Waals surface area contributed by atoms with E-state index in [1.807, 2.05) is 19.1 Å². The largest absolute Gasteiger partial charge is 0.458 e. The number of amides is 1. The zero-order valence-corrected chi connectivity index (χ0v) is 12.2. The number of ether oxygens (including phenoxy) is 1. The van der Waals surface area contributed by atoms with E-state index in [-0.39, 0.29) is 18.3 Å². The second kappa shape index (κ2) is 5.47. The van der Waals surface area contributed by atoms with Gasteiger partial charge in [0.25, 0.3) is 0 Å². The summed E-state index contributed by atoms with van der Waals surface area (Å²) in [6.07, 6.45) is 6.58. The van der Waals surface area contributed by atoms with Crippen LogP contribution in [0.2, 0.25) is 0 Å². The smallest absolute Gasteiger partial charge is 0.307 e. The van der Waals surface area contributed by atoms with Gasteiger partial charge in [0, 0.05) is 6.20 Å². The molecule has 1 aromatic rings. The number of carbonyl (C=O) groups is 2. The summed E-state index contributed by atoms with van der Waals surface area (Å²) >= 11 is 0. The maximum absolute atomic E-state index is 12.6. The summed E-state index contributed by atoms with van der Waals surface area (Å²) in [5.41, 5.74) is 0.330. The molecule has 1 amide bonds. The Morgan fingerprint density at radius 3 is 2.86 bits per heavy atom. The Hall–Kier alpha value is -1.91. The molecule has 1 aliphatic carbocycles. The quantitative estimate of drug-likeness (QED) is 0.849. The number of aromatic nitrogens is 1. The van der Waals surface area contributed by atoms with E-state index in [2.05, 4.69) is 10.3 Å². The zero-order chi connectivity index (χ0) is 14.9. The summed E-state index contributed by atoms with van der Waals surface area (Å²) in [5, 5.41) is 2.86. The fourth-order valence-corrected chi connectivity index (χ4v) is 3.44. The van der Waals surface area contributed by atoms with Crippen molar-refractivity contribution in [2.45, 2.75) is 51.0 Å². The van der Waals surface area contributed by atoms with Crippen LogP contribution in [0.3, 0.4) is 0 Å². The van der Waals surface area contributed by atoms with Crippen LogP contribution in [0.15, 0.2) is 18.3 Å². The fourth-order valence-electron chi connectivity index (χ4n) is 3.44. The maximum atomic E-state index is 12.6. The molecule has 1 saturated heterocycles. The third-order valence-corrected chi connectivity index (χ3v) is 4.59. The number of rotatable bonds is 2. The van der Waals surface area contributed by atoms with Gasteiger partial charge in [0.15, 0.2) is 0 Å². The topological polar surface area (TPSA) is 68.3 Å². The first kappa shape index (κ1) is 14.0. The summed E-state index contributed by atoms with van der Waals surface area (Å²) in [6, 6.07) is 3.73. The van der Waals surface area contributed by atoms with Gasteiger partial charge in [-0.05, 0) is 44.2 Å². The minimum absolute atomic E-state index is 0.149. The lowest BCUT2D eigenvalue weighted by Gasteiger charge is -2.35. The highest BCUT2D eigenvalue weighted by Gasteiger charge is 2.52. The average Bonchev–Trinajstić information content (AvgIpc) is 2.78. The predicted molar refractivity (Wildman–Crippen MR) is 77.6 cm³/mol. The number of hydrogen-bond acceptors (Lipinski definition) is 4. The number of esters is 1. The molecule has 1 spiro atoms. The average molecular weight is 288 g/mol. The van der Waals surface area contributed by atoms with Crippen LogP contribution in [0, 0.1) is 12.8 Å². The van der Waals surface area contributed by atoms with Crippen molar-refractivity contribution in [1.29, 1.82) is 0 Å². The van der Waals surface area contributed by atoms with Crippen molar-refractivity contribution in [3.8, 4) is 0 Å². The normalized spacial score (nSPS) is 23.9. The van der Waals surface area contributed by atoms with Crippen molar-refractivity contribution < 1.29 is 14.3 Å². The third-order valence-electron chi connectivity index (χ3n) is 4.59. The van der Waals surface area contributed by atoms with Crippen LogP contribution in [0.1, 0.15) is 44.1 Å². The second-order valence-corrected chi connectivity index (χ2v) is 6.01. The summed E-state index contributed by atoms with van der Waals surface area (Å²) < 4.78 is 5.57. The molecule has 5 nitrogen and oxygen atoms in total. The second-order valence-electron chi connectivity index (χ2n) is 6.01. The highest BCUT2D eigenvalue weighted by molar-refractivity contribution is 5.96. The van der Waals surface area contributed by atoms with Gasteiger partial charge in [-0.1, -0.05) is 12.5 Å². The number of hydrogen-bond donors (Lipinski definition) is 1. The molecule has 1 N–H and O–H groups in total. The van der Waals surface area contributed by atoms with E-state index in [4.69, 9.17) is 4.74 Å². The van der Waals surface area contributed by atoms with Gasteiger partial charge in [-0.2, -0.15) is 0 Å². The first-order chi connectivity index (χ1) is 10.1. The minimum atomic E-state index is -0.581. The van der Waals surface area contributed by atoms with E-state index >= 15 is 0 Å². The molecule has 21 heavy (non-hydrogen) atoms. The van der Waals surface area contributed by atoms with Gasteiger partial charge in [0.1, 0.15) is 11.4 Å². The van der Waals surface area contributed by atoms with Gasteiger partial charge < -0.3 is 10.1 Å². The molecule has 1 saturated carbocycles. The molecule has 3 rings (SSSR count). The van der Waals surface area contributed by atoms with Crippen LogP contribution >= 0.6 is 0 Å². The van der Waals surface area contributed by atoms with Gasteiger partial charge in [0.05, 0.1) is 12.3 Å². The lowest BCUT2D eigenvalue weighted by atomic mass is 9.75. The van der Waals surface area contributed by atoms with Crippen LogP contribution in [-0.2, 0) is 14.3 Å². The van der Waals surface area contributed by atoms with E-state index in [1.54, 1.807) is 6.20 Å². The van der Waals surface area contributed by atoms with Crippen molar-refractivity contribution in [1.82, 2.24) is 4.98 Å². The van der Waals surface area contributed by atoms with Crippen molar-refractivity contribution in [3.05, 3.63) is 23.9 Å². The molecule has 0 radical (unpaired) electrons. The maximum Gasteiger partial charge on any atom is 0.307 e. The number of anilines is 1. The van der Waals surface area contributed by atoms with Crippen molar-refractivity contribution in [2.24, 2.45) is 5.92 Å². The van der Waals surface area contributed by atoms with Crippen LogP contribution in [0.5, 0.6) is 0 Å². The molecule has 112 valence electrons. The summed E-state index contributed by atoms with van der Waals surface area (Å²) in [5.74, 6) is -0.237. The minimum Gasteiger partial charge on any atom is -0.458 e. The van der Waals surface area contributed by atoms with Crippen LogP contribution < -0.4 is 5.32 Å². The number of nitrogens with one attached hydrogen (secondary N) is 1. The highest BCUT2D eigenvalue weighted by atomic mass is 16.6. The third kappa shape index (κ3) is 2.64. The zero-order valence-electron chi connectivity index (χ0n) is 12.2. The van der Waals surface area contributed by atoms with Crippen molar-refractivity contribution in [2.75, 3.05) is 5.32 Å². The molecule has 0 aromatic carbocycles. The highest BCUT2D eigenvalue weighted by Crippen LogP contribution is 2.44. The van der Waals surface area contributed by atoms with E-state index in [0.717, 1.165) is 37.7 Å². The Labute approximate surface area is 124 Å². The Kier molecular flexibility index (Phi) is 3.66. The molecule has 2 fully saturated rings. The Morgan fingerprint density at radius 1 is 1.38 bits per heavy atom. The van der Waals surface area contributed by atoms with Crippen LogP contribution in [-0.4, -0.2) is 22.5 Å². The first-order valence-electron chi connectivity index (χ1n) is 7.55. The number of carbonyl (C=O) groups excluding carboxylic acids is 2. The summed E-state index contributed by atoms with van der Waals surface area (Å²) in [4.78, 5) is 28.5. The molecule has 1 aromatic heterocycles. The van der Waals surface area contributed by atoms with Gasteiger partial charge in [0.2, 0.25) is 5.91 Å². The Morgan fingerprint density at radius 2 is 2.14 bits per heavy atom. The SMILES string of the molecule is Cc1cccnc1NC(=O)[C@H]1CC(=O)OC12CCCCC2. The summed E-state index contributed by atoms with van der Waals surface area (Å²) in [6.45, 7) is 1.90. The fraction of sp³-hybridized carbons (Fsp3) is 0.562. The van der Waals surface area contributed by atoms with Crippen LogP contribution in [0.25, 0.3) is 0 Å². The number of nitrogens with zero attached hydrogens (tertiary/aromatic N) is 1. The number of pyridine rings is 1. The molecule has 0 unspecified atom stereocenters. The number of aryl methyl sites for hydroxylation is 1. The first-order valence-corrected chi connectivity index (χ1v) is 7.55. The van der Waals surface area contributed by atoms with E-state index in [1.165, 1.54) is 0 Å². The monoisotopic (exact) mass is 288 g/mol. The van der Waals surface area contributed by atoms with Gasteiger partial charge in [-0.3, -0.25) is 9.59 Å². The van der Waals surface area contributed by atoms with Crippen molar-refractivity contribution in [3.63, 3.8) is 0 Å². The van der Waals surface area contributed by atoms with E-state index in [9.17, 15) is 9.59 Å². The van der Waals surface area contributed by atoms with Gasteiger partial charge in [-0.15, -0.1) is 0 Å². The van der Waals surface area contributed by atoms with Gasteiger partial charge >= 0.3 is 5.97 Å². The Balaban J connectivity index is 1.79. The van der Waals surface area contributed by atoms with Gasteiger partial charge in [-0.25, -0.2) is 4.98 Å². The lowest BCUT2D eigenvalue weighted by Crippen LogP contribution is -2.43. The predicted octanol–water partition coefficient (Wildman–Crippen LogP) is 2.59. The van der Waals surface area contributed by atoms with Crippen LogP contribution in [0.4, 0.5) is 5.82 Å². The standard InChI is InChI=1S/C16H20N2O3/c1-11-6-5-9-17-14(11)18-15(20)12-10-13(19)21-16(12)7-3-2-4-8-16/h5-6,9,12H,2-4,7-8,10H2,1H3,(H,17,18,20)/t12-/m1/s1. The molecule has 0 bridgehead atoms.